The number of benzene rings is 2. The summed E-state index contributed by atoms with van der Waals surface area (Å²) in [7, 11) is 0. The molecule has 0 aliphatic carbocycles. The van der Waals surface area contributed by atoms with Gasteiger partial charge in [-0.05, 0) is 55.0 Å². The predicted molar refractivity (Wildman–Crippen MR) is 110 cm³/mol. The van der Waals surface area contributed by atoms with Crippen LogP contribution in [0.3, 0.4) is 0 Å². The van der Waals surface area contributed by atoms with Crippen molar-refractivity contribution in [2.75, 3.05) is 6.61 Å². The summed E-state index contributed by atoms with van der Waals surface area (Å²) < 4.78 is 5.10. The Bertz CT molecular complexity index is 686. The van der Waals surface area contributed by atoms with E-state index in [0.717, 1.165) is 17.5 Å². The molecule has 0 atom stereocenters. The molecule has 0 saturated carbocycles. The summed E-state index contributed by atoms with van der Waals surface area (Å²) in [5.41, 5.74) is 5.34. The molecule has 26 heavy (non-hydrogen) atoms. The van der Waals surface area contributed by atoms with E-state index >= 15 is 0 Å². The van der Waals surface area contributed by atoms with E-state index in [1.54, 1.807) is 0 Å². The van der Waals surface area contributed by atoms with Crippen LogP contribution in [0.25, 0.3) is 11.1 Å². The Balaban J connectivity index is 1.93. The highest BCUT2D eigenvalue weighted by Gasteiger charge is 2.10. The summed E-state index contributed by atoms with van der Waals surface area (Å²) in [6, 6.07) is 14.8. The molecule has 0 aromatic heterocycles. The Morgan fingerprint density at radius 3 is 2.15 bits per heavy atom. The molecular weight excluding hydrogens is 320 g/mol. The van der Waals surface area contributed by atoms with E-state index in [-0.39, 0.29) is 5.97 Å². The molecule has 0 aliphatic heterocycles. The van der Waals surface area contributed by atoms with Crippen LogP contribution in [0.5, 0.6) is 0 Å². The van der Waals surface area contributed by atoms with Gasteiger partial charge in [0.05, 0.1) is 12.2 Å². The standard InChI is InChI=1S/C24H32O2/c1-4-6-7-8-9-10-11-20-12-14-21(15-13-20)22-16-17-23(19(3)18-22)24(25)26-5-2/h12-18H,4-11H2,1-3H3. The Morgan fingerprint density at radius 1 is 0.846 bits per heavy atom. The van der Waals surface area contributed by atoms with E-state index in [0.29, 0.717) is 12.2 Å². The summed E-state index contributed by atoms with van der Waals surface area (Å²) in [5, 5.41) is 0. The van der Waals surface area contributed by atoms with Gasteiger partial charge in [0.25, 0.3) is 0 Å². The van der Waals surface area contributed by atoms with Crippen molar-refractivity contribution >= 4 is 5.97 Å². The molecule has 2 aromatic rings. The van der Waals surface area contributed by atoms with Crippen molar-refractivity contribution in [2.24, 2.45) is 0 Å². The fourth-order valence-electron chi connectivity index (χ4n) is 3.25. The SMILES string of the molecule is CCCCCCCCc1ccc(-c2ccc(C(=O)OCC)c(C)c2)cc1. The number of hydrogen-bond acceptors (Lipinski definition) is 2. The number of carbonyl (C=O) groups excluding carboxylic acids is 1. The number of ether oxygens (including phenoxy) is 1. The van der Waals surface area contributed by atoms with E-state index in [1.165, 1.54) is 49.7 Å². The van der Waals surface area contributed by atoms with Crippen molar-refractivity contribution in [1.82, 2.24) is 0 Å². The molecule has 2 heteroatoms. The lowest BCUT2D eigenvalue weighted by Gasteiger charge is -2.09. The molecule has 2 rings (SSSR count). The minimum atomic E-state index is -0.245. The average molecular weight is 353 g/mol. The minimum Gasteiger partial charge on any atom is -0.462 e. The van der Waals surface area contributed by atoms with Gasteiger partial charge in [0, 0.05) is 0 Å². The molecule has 2 nitrogen and oxygen atoms in total. The normalized spacial score (nSPS) is 10.7. The van der Waals surface area contributed by atoms with Crippen molar-refractivity contribution in [1.29, 1.82) is 0 Å². The van der Waals surface area contributed by atoms with Gasteiger partial charge in [0.15, 0.2) is 0 Å². The minimum absolute atomic E-state index is 0.245. The maximum absolute atomic E-state index is 11.9. The van der Waals surface area contributed by atoms with E-state index in [9.17, 15) is 4.79 Å². The van der Waals surface area contributed by atoms with E-state index in [4.69, 9.17) is 4.74 Å². The Labute approximate surface area is 158 Å². The molecule has 0 spiro atoms. The van der Waals surface area contributed by atoms with Gasteiger partial charge in [-0.3, -0.25) is 0 Å². The van der Waals surface area contributed by atoms with Crippen LogP contribution in [0, 0.1) is 6.92 Å². The van der Waals surface area contributed by atoms with Crippen LogP contribution >= 0.6 is 0 Å². The monoisotopic (exact) mass is 352 g/mol. The van der Waals surface area contributed by atoms with Gasteiger partial charge in [-0.1, -0.05) is 75.4 Å². The van der Waals surface area contributed by atoms with Crippen molar-refractivity contribution in [3.05, 3.63) is 59.2 Å². The van der Waals surface area contributed by atoms with E-state index in [1.807, 2.05) is 26.0 Å². The summed E-state index contributed by atoms with van der Waals surface area (Å²) in [6.07, 6.45) is 9.17. The average Bonchev–Trinajstić information content (AvgIpc) is 2.65. The van der Waals surface area contributed by atoms with Crippen molar-refractivity contribution < 1.29 is 9.53 Å². The Kier molecular flexibility index (Phi) is 8.40. The van der Waals surface area contributed by atoms with Crippen LogP contribution in [0.2, 0.25) is 0 Å². The highest BCUT2D eigenvalue weighted by atomic mass is 16.5. The zero-order valence-electron chi connectivity index (χ0n) is 16.5. The molecule has 0 N–H and O–H groups in total. The summed E-state index contributed by atoms with van der Waals surface area (Å²) in [4.78, 5) is 11.9. The maximum atomic E-state index is 11.9. The molecular formula is C24H32O2. The van der Waals surface area contributed by atoms with Gasteiger partial charge in [-0.15, -0.1) is 0 Å². The number of carbonyl (C=O) groups is 1. The first-order valence-electron chi connectivity index (χ1n) is 10.0. The molecule has 0 amide bonds. The lowest BCUT2D eigenvalue weighted by molar-refractivity contribution is 0.0525. The highest BCUT2D eigenvalue weighted by molar-refractivity contribution is 5.91. The second-order valence-electron chi connectivity index (χ2n) is 6.96. The molecule has 0 heterocycles. The van der Waals surface area contributed by atoms with Crippen molar-refractivity contribution in [3.8, 4) is 11.1 Å². The molecule has 0 radical (unpaired) electrons. The summed E-state index contributed by atoms with van der Waals surface area (Å²) in [5.74, 6) is -0.245. The lowest BCUT2D eigenvalue weighted by Crippen LogP contribution is -2.06. The fourth-order valence-corrected chi connectivity index (χ4v) is 3.25. The number of unbranched alkanes of at least 4 members (excludes halogenated alkanes) is 5. The van der Waals surface area contributed by atoms with E-state index < -0.39 is 0 Å². The van der Waals surface area contributed by atoms with Crippen molar-refractivity contribution in [2.45, 2.75) is 65.7 Å². The van der Waals surface area contributed by atoms with E-state index in [2.05, 4.69) is 37.3 Å². The third-order valence-corrected chi connectivity index (χ3v) is 4.83. The van der Waals surface area contributed by atoms with Crippen molar-refractivity contribution in [3.63, 3.8) is 0 Å². The Hall–Kier alpha value is -2.09. The predicted octanol–water partition coefficient (Wildman–Crippen LogP) is 6.74. The molecule has 0 saturated heterocycles. The maximum Gasteiger partial charge on any atom is 0.338 e. The second-order valence-corrected chi connectivity index (χ2v) is 6.96. The molecule has 0 fully saturated rings. The fraction of sp³-hybridized carbons (Fsp3) is 0.458. The van der Waals surface area contributed by atoms with Gasteiger partial charge in [0.1, 0.15) is 0 Å². The van der Waals surface area contributed by atoms with Crippen LogP contribution in [0.1, 0.15) is 73.9 Å². The molecule has 0 unspecified atom stereocenters. The summed E-state index contributed by atoms with van der Waals surface area (Å²) >= 11 is 0. The first-order valence-corrected chi connectivity index (χ1v) is 10.0. The Morgan fingerprint density at radius 2 is 1.50 bits per heavy atom. The van der Waals surface area contributed by atoms with Crippen LogP contribution in [-0.4, -0.2) is 12.6 Å². The number of hydrogen-bond donors (Lipinski definition) is 0. The number of rotatable bonds is 10. The zero-order chi connectivity index (χ0) is 18.8. The van der Waals surface area contributed by atoms with Crippen LogP contribution < -0.4 is 0 Å². The van der Waals surface area contributed by atoms with Gasteiger partial charge in [-0.2, -0.15) is 0 Å². The molecule has 140 valence electrons. The molecule has 0 bridgehead atoms. The quantitative estimate of drug-likeness (QED) is 0.349. The second kappa shape index (κ2) is 10.8. The van der Waals surface area contributed by atoms with Crippen LogP contribution in [0.4, 0.5) is 0 Å². The largest absolute Gasteiger partial charge is 0.462 e. The first kappa shape index (κ1) is 20.2. The first-order chi connectivity index (χ1) is 12.7. The van der Waals surface area contributed by atoms with Crippen LogP contribution in [0.15, 0.2) is 42.5 Å². The smallest absolute Gasteiger partial charge is 0.338 e. The summed E-state index contributed by atoms with van der Waals surface area (Å²) in [6.45, 7) is 6.45. The third-order valence-electron chi connectivity index (χ3n) is 4.83. The van der Waals surface area contributed by atoms with Gasteiger partial charge in [0.2, 0.25) is 0 Å². The van der Waals surface area contributed by atoms with Crippen LogP contribution in [-0.2, 0) is 11.2 Å². The van der Waals surface area contributed by atoms with Gasteiger partial charge >= 0.3 is 5.97 Å². The highest BCUT2D eigenvalue weighted by Crippen LogP contribution is 2.24. The molecule has 2 aromatic carbocycles. The van der Waals surface area contributed by atoms with Gasteiger partial charge in [-0.25, -0.2) is 4.79 Å². The molecule has 0 aliphatic rings. The van der Waals surface area contributed by atoms with Gasteiger partial charge < -0.3 is 4.74 Å². The topological polar surface area (TPSA) is 26.3 Å². The number of aryl methyl sites for hydroxylation is 2. The lowest BCUT2D eigenvalue weighted by atomic mass is 9.98. The third kappa shape index (κ3) is 6.01. The zero-order valence-corrected chi connectivity index (χ0v) is 16.5. The number of esters is 1.